The highest BCUT2D eigenvalue weighted by Gasteiger charge is 2.27. The molecule has 0 radical (unpaired) electrons. The van der Waals surface area contributed by atoms with Gasteiger partial charge in [0.15, 0.2) is 0 Å². The molecule has 0 saturated carbocycles. The van der Waals surface area contributed by atoms with Crippen molar-refractivity contribution in [3.8, 4) is 0 Å². The molecule has 2 rings (SSSR count). The number of nitrogens with one attached hydrogen (secondary N) is 1. The molecule has 1 heterocycles. The molecule has 1 aromatic carbocycles. The molecule has 0 aliphatic carbocycles. The lowest BCUT2D eigenvalue weighted by atomic mass is 10.1. The van der Waals surface area contributed by atoms with E-state index in [-0.39, 0.29) is 25.5 Å². The fourth-order valence-corrected chi connectivity index (χ4v) is 2.50. The van der Waals surface area contributed by atoms with Gasteiger partial charge in [-0.15, -0.1) is 0 Å². The maximum absolute atomic E-state index is 13.7. The number of nitrogens with zero attached hydrogens (tertiary/aromatic N) is 2. The summed E-state index contributed by atoms with van der Waals surface area (Å²) in [4.78, 5) is 27.3. The number of carbonyl (C=O) groups excluding carboxylic acids is 2. The first-order valence-corrected chi connectivity index (χ1v) is 7.75. The minimum Gasteiger partial charge on any atom is -0.383 e. The molecule has 0 aromatic heterocycles. The summed E-state index contributed by atoms with van der Waals surface area (Å²) in [6, 6.07) is 3.33. The number of piperazine rings is 1. The Morgan fingerprint density at radius 3 is 2.29 bits per heavy atom. The molecule has 1 aliphatic heterocycles. The third-order valence-electron chi connectivity index (χ3n) is 3.86. The van der Waals surface area contributed by atoms with Crippen molar-refractivity contribution >= 4 is 11.8 Å². The van der Waals surface area contributed by atoms with E-state index in [0.29, 0.717) is 26.2 Å². The van der Waals surface area contributed by atoms with E-state index in [1.54, 1.807) is 12.0 Å². The first-order valence-electron chi connectivity index (χ1n) is 7.75. The molecule has 6 nitrogen and oxygen atoms in total. The molecule has 1 aromatic rings. The number of hydrogen-bond acceptors (Lipinski definition) is 4. The van der Waals surface area contributed by atoms with Gasteiger partial charge >= 0.3 is 0 Å². The lowest BCUT2D eigenvalue weighted by Gasteiger charge is -2.35. The van der Waals surface area contributed by atoms with Crippen LogP contribution in [0.1, 0.15) is 10.4 Å². The van der Waals surface area contributed by atoms with Crippen LogP contribution >= 0.6 is 0 Å². The van der Waals surface area contributed by atoms with Crippen molar-refractivity contribution in [1.82, 2.24) is 15.1 Å². The van der Waals surface area contributed by atoms with Crippen molar-refractivity contribution < 1.29 is 23.1 Å². The summed E-state index contributed by atoms with van der Waals surface area (Å²) in [5.41, 5.74) is -0.543. The van der Waals surface area contributed by atoms with E-state index in [1.807, 2.05) is 0 Å². The van der Waals surface area contributed by atoms with Crippen LogP contribution in [0.2, 0.25) is 0 Å². The zero-order chi connectivity index (χ0) is 17.5. The van der Waals surface area contributed by atoms with Crippen molar-refractivity contribution in [2.45, 2.75) is 0 Å². The standard InChI is InChI=1S/C16H21F2N3O3/c1-24-10-5-19-11-14(22)20-6-8-21(9-7-20)16(23)15-12(17)3-2-4-13(15)18/h2-4,19H,5-11H2,1H3. The molecule has 24 heavy (non-hydrogen) atoms. The minimum atomic E-state index is -0.874. The highest BCUT2D eigenvalue weighted by Crippen LogP contribution is 2.16. The van der Waals surface area contributed by atoms with Gasteiger partial charge in [0.2, 0.25) is 5.91 Å². The van der Waals surface area contributed by atoms with Crippen molar-refractivity contribution in [3.63, 3.8) is 0 Å². The molecule has 0 spiro atoms. The number of hydrogen-bond donors (Lipinski definition) is 1. The Hall–Kier alpha value is -2.06. The second-order valence-corrected chi connectivity index (χ2v) is 5.44. The van der Waals surface area contributed by atoms with Gasteiger partial charge in [-0.25, -0.2) is 8.78 Å². The van der Waals surface area contributed by atoms with Gasteiger partial charge in [-0.2, -0.15) is 0 Å². The van der Waals surface area contributed by atoms with Crippen LogP contribution in [0, 0.1) is 11.6 Å². The Labute approximate surface area is 139 Å². The third kappa shape index (κ3) is 4.48. The summed E-state index contributed by atoms with van der Waals surface area (Å²) in [6.45, 7) is 2.46. The second-order valence-electron chi connectivity index (χ2n) is 5.44. The first kappa shape index (κ1) is 18.3. The molecule has 0 bridgehead atoms. The Kier molecular flexibility index (Phi) is 6.62. The molecule has 0 unspecified atom stereocenters. The van der Waals surface area contributed by atoms with Crippen LogP contribution in [0.15, 0.2) is 18.2 Å². The summed E-state index contributed by atoms with van der Waals surface area (Å²) in [5.74, 6) is -2.51. The van der Waals surface area contributed by atoms with Crippen LogP contribution in [-0.4, -0.2) is 74.6 Å². The molecule has 0 atom stereocenters. The number of carbonyl (C=O) groups is 2. The van der Waals surface area contributed by atoms with Gasteiger partial charge in [-0.1, -0.05) is 6.07 Å². The lowest BCUT2D eigenvalue weighted by molar-refractivity contribution is -0.131. The monoisotopic (exact) mass is 341 g/mol. The number of ether oxygens (including phenoxy) is 1. The van der Waals surface area contributed by atoms with E-state index in [1.165, 1.54) is 11.0 Å². The van der Waals surface area contributed by atoms with Crippen LogP contribution in [0.3, 0.4) is 0 Å². The second kappa shape index (κ2) is 8.70. The fourth-order valence-electron chi connectivity index (χ4n) is 2.50. The average molecular weight is 341 g/mol. The van der Waals surface area contributed by atoms with E-state index in [4.69, 9.17) is 4.74 Å². The third-order valence-corrected chi connectivity index (χ3v) is 3.86. The van der Waals surface area contributed by atoms with Crippen LogP contribution in [0.25, 0.3) is 0 Å². The maximum Gasteiger partial charge on any atom is 0.259 e. The van der Waals surface area contributed by atoms with E-state index < -0.39 is 23.1 Å². The largest absolute Gasteiger partial charge is 0.383 e. The fraction of sp³-hybridized carbons (Fsp3) is 0.500. The molecular weight excluding hydrogens is 320 g/mol. The van der Waals surface area contributed by atoms with E-state index in [0.717, 1.165) is 12.1 Å². The van der Waals surface area contributed by atoms with Gasteiger partial charge in [0.1, 0.15) is 17.2 Å². The summed E-state index contributed by atoms with van der Waals surface area (Å²) >= 11 is 0. The predicted molar refractivity (Wildman–Crippen MR) is 83.6 cm³/mol. The molecule has 132 valence electrons. The summed E-state index contributed by atoms with van der Waals surface area (Å²) < 4.78 is 32.3. The smallest absolute Gasteiger partial charge is 0.259 e. The van der Waals surface area contributed by atoms with Gasteiger partial charge in [0, 0.05) is 39.8 Å². The average Bonchev–Trinajstić information content (AvgIpc) is 2.58. The highest BCUT2D eigenvalue weighted by atomic mass is 19.1. The number of benzene rings is 1. The molecule has 1 N–H and O–H groups in total. The number of amides is 2. The highest BCUT2D eigenvalue weighted by molar-refractivity contribution is 5.95. The van der Waals surface area contributed by atoms with Crippen LogP contribution in [-0.2, 0) is 9.53 Å². The normalized spacial score (nSPS) is 14.8. The van der Waals surface area contributed by atoms with E-state index >= 15 is 0 Å². The summed E-state index contributed by atoms with van der Waals surface area (Å²) in [7, 11) is 1.58. The quantitative estimate of drug-likeness (QED) is 0.765. The number of methoxy groups -OCH3 is 1. The van der Waals surface area contributed by atoms with Gasteiger partial charge in [-0.3, -0.25) is 9.59 Å². The van der Waals surface area contributed by atoms with Crippen molar-refractivity contribution in [2.24, 2.45) is 0 Å². The maximum atomic E-state index is 13.7. The van der Waals surface area contributed by atoms with E-state index in [9.17, 15) is 18.4 Å². The van der Waals surface area contributed by atoms with Gasteiger partial charge < -0.3 is 19.9 Å². The van der Waals surface area contributed by atoms with Gasteiger partial charge in [0.25, 0.3) is 5.91 Å². The Morgan fingerprint density at radius 1 is 1.12 bits per heavy atom. The van der Waals surface area contributed by atoms with Gasteiger partial charge in [-0.05, 0) is 12.1 Å². The zero-order valence-corrected chi connectivity index (χ0v) is 13.6. The molecule has 2 amide bonds. The predicted octanol–water partition coefficient (Wildman–Crippen LogP) is 0.485. The molecule has 1 aliphatic rings. The minimum absolute atomic E-state index is 0.0738. The van der Waals surface area contributed by atoms with Crippen LogP contribution in [0.4, 0.5) is 8.78 Å². The first-order chi connectivity index (χ1) is 11.5. The molecule has 1 fully saturated rings. The van der Waals surface area contributed by atoms with Crippen LogP contribution in [0.5, 0.6) is 0 Å². The SMILES string of the molecule is COCCNCC(=O)N1CCN(C(=O)c2c(F)cccc2F)CC1. The summed E-state index contributed by atoms with van der Waals surface area (Å²) in [6.07, 6.45) is 0. The Balaban J connectivity index is 1.86. The molecular formula is C16H21F2N3O3. The van der Waals surface area contributed by atoms with Crippen molar-refractivity contribution in [1.29, 1.82) is 0 Å². The summed E-state index contributed by atoms with van der Waals surface area (Å²) in [5, 5.41) is 2.96. The number of halogens is 2. The number of rotatable bonds is 6. The topological polar surface area (TPSA) is 61.9 Å². The van der Waals surface area contributed by atoms with Gasteiger partial charge in [0.05, 0.1) is 13.2 Å². The van der Waals surface area contributed by atoms with Crippen molar-refractivity contribution in [3.05, 3.63) is 35.4 Å². The molecule has 8 heteroatoms. The van der Waals surface area contributed by atoms with Crippen LogP contribution < -0.4 is 5.32 Å². The Morgan fingerprint density at radius 2 is 1.71 bits per heavy atom. The molecule has 1 saturated heterocycles. The van der Waals surface area contributed by atoms with E-state index in [2.05, 4.69) is 5.32 Å². The zero-order valence-electron chi connectivity index (χ0n) is 13.6. The van der Waals surface area contributed by atoms with Crippen molar-refractivity contribution in [2.75, 3.05) is 53.0 Å². The lowest BCUT2D eigenvalue weighted by Crippen LogP contribution is -2.52. The Bertz CT molecular complexity index is 570.